The number of hydrogen-bond acceptors (Lipinski definition) is 3. The Balaban J connectivity index is 2.40. The Kier molecular flexibility index (Phi) is 4.10. The molecule has 88 valence electrons. The first-order valence-electron chi connectivity index (χ1n) is 5.08. The summed E-state index contributed by atoms with van der Waals surface area (Å²) in [6, 6.07) is 0. The van der Waals surface area contributed by atoms with Gasteiger partial charge in [0, 0.05) is 26.6 Å². The van der Waals surface area contributed by atoms with Crippen molar-refractivity contribution in [1.29, 1.82) is 0 Å². The molecule has 0 aliphatic carbocycles. The van der Waals surface area contributed by atoms with Gasteiger partial charge in [0.05, 0.1) is 6.26 Å². The highest BCUT2D eigenvalue weighted by atomic mass is 32.2. The molecule has 0 aromatic rings. The maximum atomic E-state index is 11.1. The summed E-state index contributed by atoms with van der Waals surface area (Å²) in [6.07, 6.45) is 3.08. The van der Waals surface area contributed by atoms with Crippen LogP contribution in [0.25, 0.3) is 0 Å². The molecule has 0 radical (unpaired) electrons. The maximum absolute atomic E-state index is 11.1. The number of rotatable bonds is 3. The standard InChI is InChI=1S/C9H18N2O3S/c1-8(12)11-5-3-4-9(7-11)6-10-15(2,13)14/h9-10H,3-7H2,1-2H3. The van der Waals surface area contributed by atoms with Crippen molar-refractivity contribution in [3.63, 3.8) is 0 Å². The van der Waals surface area contributed by atoms with E-state index in [1.54, 1.807) is 11.8 Å². The summed E-state index contributed by atoms with van der Waals surface area (Å²) in [4.78, 5) is 12.9. The molecule has 0 bridgehead atoms. The van der Waals surface area contributed by atoms with E-state index in [2.05, 4.69) is 4.72 Å². The average Bonchev–Trinajstić information content (AvgIpc) is 2.14. The van der Waals surface area contributed by atoms with Gasteiger partial charge >= 0.3 is 0 Å². The van der Waals surface area contributed by atoms with Crippen LogP contribution in [-0.4, -0.2) is 45.1 Å². The minimum Gasteiger partial charge on any atom is -0.343 e. The van der Waals surface area contributed by atoms with Gasteiger partial charge in [-0.05, 0) is 18.8 Å². The van der Waals surface area contributed by atoms with E-state index in [4.69, 9.17) is 0 Å². The van der Waals surface area contributed by atoms with E-state index in [1.165, 1.54) is 0 Å². The van der Waals surface area contributed by atoms with Crippen LogP contribution in [-0.2, 0) is 14.8 Å². The first-order valence-corrected chi connectivity index (χ1v) is 6.98. The molecule has 6 heteroatoms. The zero-order chi connectivity index (χ0) is 11.5. The van der Waals surface area contributed by atoms with Gasteiger partial charge in [-0.2, -0.15) is 0 Å². The lowest BCUT2D eigenvalue weighted by Gasteiger charge is -2.31. The second-order valence-electron chi connectivity index (χ2n) is 4.09. The number of likely N-dealkylation sites (tertiary alicyclic amines) is 1. The van der Waals surface area contributed by atoms with Crippen LogP contribution in [0, 0.1) is 5.92 Å². The normalized spacial score (nSPS) is 22.8. The Bertz CT molecular complexity index is 326. The molecule has 1 aliphatic rings. The number of amides is 1. The molecule has 1 saturated heterocycles. The monoisotopic (exact) mass is 234 g/mol. The van der Waals surface area contributed by atoms with E-state index in [1.807, 2.05) is 0 Å². The van der Waals surface area contributed by atoms with Crippen LogP contribution in [0.15, 0.2) is 0 Å². The summed E-state index contributed by atoms with van der Waals surface area (Å²) >= 11 is 0. The first kappa shape index (κ1) is 12.4. The van der Waals surface area contributed by atoms with Crippen molar-refractivity contribution in [2.45, 2.75) is 19.8 Å². The fourth-order valence-electron chi connectivity index (χ4n) is 1.79. The van der Waals surface area contributed by atoms with Crippen LogP contribution < -0.4 is 4.72 Å². The van der Waals surface area contributed by atoms with Gasteiger partial charge in [0.15, 0.2) is 0 Å². The smallest absolute Gasteiger partial charge is 0.219 e. The van der Waals surface area contributed by atoms with E-state index in [0.717, 1.165) is 25.6 Å². The van der Waals surface area contributed by atoms with Crippen LogP contribution in [0.2, 0.25) is 0 Å². The third-order valence-corrected chi connectivity index (χ3v) is 3.29. The molecule has 1 atom stereocenters. The maximum Gasteiger partial charge on any atom is 0.219 e. The van der Waals surface area contributed by atoms with Crippen LogP contribution in [0.1, 0.15) is 19.8 Å². The summed E-state index contributed by atoms with van der Waals surface area (Å²) < 4.78 is 24.3. The molecule has 1 heterocycles. The van der Waals surface area contributed by atoms with Gasteiger partial charge in [-0.3, -0.25) is 4.79 Å². The molecule has 1 aliphatic heterocycles. The van der Waals surface area contributed by atoms with Crippen LogP contribution in [0.3, 0.4) is 0 Å². The lowest BCUT2D eigenvalue weighted by atomic mass is 9.98. The van der Waals surface area contributed by atoms with Gasteiger partial charge in [-0.25, -0.2) is 13.1 Å². The highest BCUT2D eigenvalue weighted by molar-refractivity contribution is 7.88. The van der Waals surface area contributed by atoms with Gasteiger partial charge in [-0.15, -0.1) is 0 Å². The summed E-state index contributed by atoms with van der Waals surface area (Å²) in [5.74, 6) is 0.316. The highest BCUT2D eigenvalue weighted by Gasteiger charge is 2.21. The zero-order valence-electron chi connectivity index (χ0n) is 9.19. The largest absolute Gasteiger partial charge is 0.343 e. The summed E-state index contributed by atoms with van der Waals surface area (Å²) in [5, 5.41) is 0. The Morgan fingerprint density at radius 2 is 2.20 bits per heavy atom. The molecule has 0 spiro atoms. The second-order valence-corrected chi connectivity index (χ2v) is 5.93. The number of hydrogen-bond donors (Lipinski definition) is 1. The van der Waals surface area contributed by atoms with Gasteiger partial charge in [0.25, 0.3) is 0 Å². The van der Waals surface area contributed by atoms with Crippen molar-refractivity contribution in [3.05, 3.63) is 0 Å². The summed E-state index contributed by atoms with van der Waals surface area (Å²) in [6.45, 7) is 3.44. The lowest BCUT2D eigenvalue weighted by Crippen LogP contribution is -2.42. The number of carbonyl (C=O) groups excluding carboxylic acids is 1. The van der Waals surface area contributed by atoms with E-state index in [-0.39, 0.29) is 11.8 Å². The molecular weight excluding hydrogens is 216 g/mol. The molecule has 1 amide bonds. The molecule has 5 nitrogen and oxygen atoms in total. The minimum absolute atomic E-state index is 0.0686. The van der Waals surface area contributed by atoms with Crippen molar-refractivity contribution in [2.75, 3.05) is 25.9 Å². The van der Waals surface area contributed by atoms with Crippen molar-refractivity contribution in [2.24, 2.45) is 5.92 Å². The molecule has 1 rings (SSSR count). The SMILES string of the molecule is CC(=O)N1CCCC(CNS(C)(=O)=O)C1. The van der Waals surface area contributed by atoms with Crippen LogP contribution >= 0.6 is 0 Å². The Morgan fingerprint density at radius 3 is 2.73 bits per heavy atom. The van der Waals surface area contributed by atoms with Crippen molar-refractivity contribution in [1.82, 2.24) is 9.62 Å². The van der Waals surface area contributed by atoms with Crippen LogP contribution in [0.4, 0.5) is 0 Å². The number of nitrogens with zero attached hydrogens (tertiary/aromatic N) is 1. The topological polar surface area (TPSA) is 66.5 Å². The fraction of sp³-hybridized carbons (Fsp3) is 0.889. The number of carbonyl (C=O) groups is 1. The van der Waals surface area contributed by atoms with Gasteiger partial charge in [-0.1, -0.05) is 0 Å². The first-order chi connectivity index (χ1) is 6.88. The van der Waals surface area contributed by atoms with Gasteiger partial charge in [0.2, 0.25) is 15.9 Å². The average molecular weight is 234 g/mol. The predicted molar refractivity (Wildman–Crippen MR) is 57.8 cm³/mol. The van der Waals surface area contributed by atoms with Gasteiger partial charge in [0.1, 0.15) is 0 Å². The Morgan fingerprint density at radius 1 is 1.53 bits per heavy atom. The molecule has 1 unspecified atom stereocenters. The summed E-state index contributed by atoms with van der Waals surface area (Å²) in [7, 11) is -3.11. The molecular formula is C9H18N2O3S. The molecule has 1 fully saturated rings. The molecule has 1 N–H and O–H groups in total. The van der Waals surface area contributed by atoms with E-state index >= 15 is 0 Å². The third-order valence-electron chi connectivity index (χ3n) is 2.60. The van der Waals surface area contributed by atoms with E-state index in [0.29, 0.717) is 13.1 Å². The van der Waals surface area contributed by atoms with E-state index < -0.39 is 10.0 Å². The Labute approximate surface area is 90.9 Å². The zero-order valence-corrected chi connectivity index (χ0v) is 10.0. The van der Waals surface area contributed by atoms with Crippen molar-refractivity contribution < 1.29 is 13.2 Å². The molecule has 0 aromatic carbocycles. The predicted octanol–water partition coefficient (Wildman–Crippen LogP) is -0.206. The van der Waals surface area contributed by atoms with Gasteiger partial charge < -0.3 is 4.90 Å². The fourth-order valence-corrected chi connectivity index (χ4v) is 2.33. The van der Waals surface area contributed by atoms with Crippen molar-refractivity contribution in [3.8, 4) is 0 Å². The number of nitrogens with one attached hydrogen (secondary N) is 1. The minimum atomic E-state index is -3.11. The molecule has 0 aromatic heterocycles. The highest BCUT2D eigenvalue weighted by Crippen LogP contribution is 2.15. The number of sulfonamides is 1. The molecule has 0 saturated carbocycles. The van der Waals surface area contributed by atoms with Crippen LogP contribution in [0.5, 0.6) is 0 Å². The second kappa shape index (κ2) is 4.94. The lowest BCUT2D eigenvalue weighted by molar-refractivity contribution is -0.130. The van der Waals surface area contributed by atoms with Crippen molar-refractivity contribution >= 4 is 15.9 Å². The quantitative estimate of drug-likeness (QED) is 0.735. The number of piperidine rings is 1. The third kappa shape index (κ3) is 4.61. The summed E-state index contributed by atoms with van der Waals surface area (Å²) in [5.41, 5.74) is 0. The van der Waals surface area contributed by atoms with E-state index in [9.17, 15) is 13.2 Å². The Hall–Kier alpha value is -0.620. The molecule has 15 heavy (non-hydrogen) atoms.